The number of hydrogen-bond acceptors (Lipinski definition) is 3. The molecule has 0 aliphatic heterocycles. The van der Waals surface area contributed by atoms with E-state index in [1.165, 1.54) is 5.56 Å². The number of nitrogens with zero attached hydrogens (tertiary/aromatic N) is 1. The fourth-order valence-electron chi connectivity index (χ4n) is 1.45. The quantitative estimate of drug-likeness (QED) is 0.786. The van der Waals surface area contributed by atoms with Gasteiger partial charge in [0.1, 0.15) is 12.4 Å². The molecule has 1 aromatic rings. The van der Waals surface area contributed by atoms with E-state index in [1.807, 2.05) is 14.1 Å². The lowest BCUT2D eigenvalue weighted by molar-refractivity contribution is 0.259. The van der Waals surface area contributed by atoms with Gasteiger partial charge in [0.15, 0.2) is 0 Å². The van der Waals surface area contributed by atoms with Crippen molar-refractivity contribution in [1.82, 2.24) is 10.2 Å². The van der Waals surface area contributed by atoms with Crippen LogP contribution in [0.3, 0.4) is 0 Å². The standard InChI is InChI=1S/C13H20Br2N2O/c1-4-16-9-10-7-11(14)13(12(15)8-10)18-6-5-17(2)3/h7-8,16H,4-6,9H2,1-3H3. The smallest absolute Gasteiger partial charge is 0.147 e. The SMILES string of the molecule is CCNCc1cc(Br)c(OCCN(C)C)c(Br)c1. The van der Waals surface area contributed by atoms with Gasteiger partial charge in [-0.2, -0.15) is 0 Å². The van der Waals surface area contributed by atoms with Gasteiger partial charge in [-0.25, -0.2) is 0 Å². The van der Waals surface area contributed by atoms with E-state index in [2.05, 4.69) is 61.1 Å². The Kier molecular flexibility index (Phi) is 7.22. The van der Waals surface area contributed by atoms with Crippen molar-refractivity contribution >= 4 is 31.9 Å². The van der Waals surface area contributed by atoms with Gasteiger partial charge in [0.2, 0.25) is 0 Å². The van der Waals surface area contributed by atoms with Crippen LogP contribution in [0.15, 0.2) is 21.1 Å². The first kappa shape index (κ1) is 16.0. The normalized spacial score (nSPS) is 11.0. The highest BCUT2D eigenvalue weighted by molar-refractivity contribution is 9.11. The molecule has 0 aliphatic carbocycles. The van der Waals surface area contributed by atoms with Gasteiger partial charge in [0.25, 0.3) is 0 Å². The number of ether oxygens (including phenoxy) is 1. The van der Waals surface area contributed by atoms with Crippen LogP contribution in [-0.2, 0) is 6.54 Å². The lowest BCUT2D eigenvalue weighted by atomic mass is 10.2. The topological polar surface area (TPSA) is 24.5 Å². The maximum atomic E-state index is 5.78. The van der Waals surface area contributed by atoms with Crippen molar-refractivity contribution in [3.63, 3.8) is 0 Å². The molecule has 0 spiro atoms. The van der Waals surface area contributed by atoms with Crippen molar-refractivity contribution in [1.29, 1.82) is 0 Å². The van der Waals surface area contributed by atoms with Crippen molar-refractivity contribution in [2.24, 2.45) is 0 Å². The highest BCUT2D eigenvalue weighted by Crippen LogP contribution is 2.34. The minimum Gasteiger partial charge on any atom is -0.490 e. The van der Waals surface area contributed by atoms with Crippen LogP contribution in [0.5, 0.6) is 5.75 Å². The Bertz CT molecular complexity index is 360. The highest BCUT2D eigenvalue weighted by Gasteiger charge is 2.09. The second-order valence-corrected chi connectivity index (χ2v) is 6.03. The van der Waals surface area contributed by atoms with Crippen LogP contribution in [-0.4, -0.2) is 38.7 Å². The van der Waals surface area contributed by atoms with E-state index in [0.717, 1.165) is 34.3 Å². The molecule has 0 aliphatic rings. The zero-order chi connectivity index (χ0) is 13.5. The zero-order valence-corrected chi connectivity index (χ0v) is 14.3. The molecule has 3 nitrogen and oxygen atoms in total. The lowest BCUT2D eigenvalue weighted by Crippen LogP contribution is -2.19. The average Bonchev–Trinajstić information content (AvgIpc) is 2.29. The molecule has 0 heterocycles. The molecule has 0 unspecified atom stereocenters. The van der Waals surface area contributed by atoms with E-state index >= 15 is 0 Å². The summed E-state index contributed by atoms with van der Waals surface area (Å²) in [7, 11) is 4.07. The Hall–Kier alpha value is -0.100. The van der Waals surface area contributed by atoms with E-state index in [4.69, 9.17) is 4.74 Å². The molecule has 0 saturated carbocycles. The van der Waals surface area contributed by atoms with E-state index in [9.17, 15) is 0 Å². The number of benzene rings is 1. The van der Waals surface area contributed by atoms with Gasteiger partial charge in [0.05, 0.1) is 8.95 Å². The summed E-state index contributed by atoms with van der Waals surface area (Å²) in [5.74, 6) is 0.872. The van der Waals surface area contributed by atoms with Gasteiger partial charge in [-0.1, -0.05) is 6.92 Å². The van der Waals surface area contributed by atoms with E-state index in [1.54, 1.807) is 0 Å². The summed E-state index contributed by atoms with van der Waals surface area (Å²) >= 11 is 7.12. The minimum absolute atomic E-state index is 0.677. The third-order valence-corrected chi connectivity index (χ3v) is 3.60. The van der Waals surface area contributed by atoms with Crippen LogP contribution in [0.4, 0.5) is 0 Å². The summed E-state index contributed by atoms with van der Waals surface area (Å²) in [4.78, 5) is 2.10. The molecule has 0 amide bonds. The van der Waals surface area contributed by atoms with Crippen molar-refractivity contribution in [2.45, 2.75) is 13.5 Å². The number of halogens is 2. The minimum atomic E-state index is 0.677. The number of hydrogen-bond donors (Lipinski definition) is 1. The number of likely N-dealkylation sites (N-methyl/N-ethyl adjacent to an activating group) is 1. The predicted molar refractivity (Wildman–Crippen MR) is 83.3 cm³/mol. The third kappa shape index (κ3) is 5.26. The van der Waals surface area contributed by atoms with E-state index in [-0.39, 0.29) is 0 Å². The predicted octanol–water partition coefficient (Wildman–Crippen LogP) is 3.26. The third-order valence-electron chi connectivity index (χ3n) is 2.42. The van der Waals surface area contributed by atoms with Gasteiger partial charge < -0.3 is 15.0 Å². The van der Waals surface area contributed by atoms with Crippen molar-refractivity contribution in [3.05, 3.63) is 26.6 Å². The zero-order valence-electron chi connectivity index (χ0n) is 11.1. The molecule has 1 N–H and O–H groups in total. The Balaban J connectivity index is 2.68. The largest absolute Gasteiger partial charge is 0.490 e. The maximum absolute atomic E-state index is 5.78. The van der Waals surface area contributed by atoms with Crippen LogP contribution in [0, 0.1) is 0 Å². The Morgan fingerprint density at radius 3 is 2.33 bits per heavy atom. The fraction of sp³-hybridized carbons (Fsp3) is 0.538. The van der Waals surface area contributed by atoms with Gasteiger partial charge in [0, 0.05) is 13.1 Å². The first-order chi connectivity index (χ1) is 8.54. The second-order valence-electron chi connectivity index (χ2n) is 4.32. The Morgan fingerprint density at radius 2 is 1.83 bits per heavy atom. The highest BCUT2D eigenvalue weighted by atomic mass is 79.9. The van der Waals surface area contributed by atoms with Crippen LogP contribution in [0.2, 0.25) is 0 Å². The van der Waals surface area contributed by atoms with E-state index in [0.29, 0.717) is 6.61 Å². The first-order valence-corrected chi connectivity index (χ1v) is 7.59. The molecule has 5 heteroatoms. The van der Waals surface area contributed by atoms with Crippen molar-refractivity contribution in [3.8, 4) is 5.75 Å². The van der Waals surface area contributed by atoms with Gasteiger partial charge >= 0.3 is 0 Å². The number of rotatable bonds is 7. The summed E-state index contributed by atoms with van der Waals surface area (Å²) in [6.45, 7) is 5.51. The summed E-state index contributed by atoms with van der Waals surface area (Å²) in [5, 5.41) is 3.31. The maximum Gasteiger partial charge on any atom is 0.147 e. The molecule has 1 aromatic carbocycles. The van der Waals surface area contributed by atoms with Crippen LogP contribution < -0.4 is 10.1 Å². The lowest BCUT2D eigenvalue weighted by Gasteiger charge is -2.14. The van der Waals surface area contributed by atoms with Gasteiger partial charge in [-0.3, -0.25) is 0 Å². The molecule has 0 radical (unpaired) electrons. The monoisotopic (exact) mass is 378 g/mol. The molecule has 0 fully saturated rings. The Labute approximate surface area is 126 Å². The molecule has 0 aromatic heterocycles. The first-order valence-electron chi connectivity index (χ1n) is 6.00. The summed E-state index contributed by atoms with van der Waals surface area (Å²) in [6, 6.07) is 4.19. The summed E-state index contributed by atoms with van der Waals surface area (Å²) in [6.07, 6.45) is 0. The molecule has 0 saturated heterocycles. The molecule has 102 valence electrons. The fourth-order valence-corrected chi connectivity index (χ4v) is 2.96. The van der Waals surface area contributed by atoms with E-state index < -0.39 is 0 Å². The summed E-state index contributed by atoms with van der Waals surface area (Å²) in [5.41, 5.74) is 1.23. The molecule has 18 heavy (non-hydrogen) atoms. The van der Waals surface area contributed by atoms with Crippen LogP contribution >= 0.6 is 31.9 Å². The van der Waals surface area contributed by atoms with Gasteiger partial charge in [-0.15, -0.1) is 0 Å². The molecular weight excluding hydrogens is 360 g/mol. The average molecular weight is 380 g/mol. The van der Waals surface area contributed by atoms with Crippen LogP contribution in [0.1, 0.15) is 12.5 Å². The summed E-state index contributed by atoms with van der Waals surface area (Å²) < 4.78 is 7.76. The molecule has 0 atom stereocenters. The van der Waals surface area contributed by atoms with Crippen molar-refractivity contribution in [2.75, 3.05) is 33.8 Å². The molecule has 1 rings (SSSR count). The molecular formula is C13H20Br2N2O. The van der Waals surface area contributed by atoms with Crippen molar-refractivity contribution < 1.29 is 4.74 Å². The van der Waals surface area contributed by atoms with Gasteiger partial charge in [-0.05, 0) is 70.2 Å². The number of nitrogens with one attached hydrogen (secondary N) is 1. The second kappa shape index (κ2) is 8.15. The van der Waals surface area contributed by atoms with Crippen LogP contribution in [0.25, 0.3) is 0 Å². The molecule has 0 bridgehead atoms. The Morgan fingerprint density at radius 1 is 1.22 bits per heavy atom.